The van der Waals surface area contributed by atoms with E-state index in [1.165, 1.54) is 25.2 Å². The molecule has 2 N–H and O–H groups in total. The zero-order chi connectivity index (χ0) is 15.5. The van der Waals surface area contributed by atoms with Crippen LogP contribution in [0.4, 0.5) is 0 Å². The van der Waals surface area contributed by atoms with E-state index < -0.39 is 10.0 Å². The molecular weight excluding hydrogens is 316 g/mol. The summed E-state index contributed by atoms with van der Waals surface area (Å²) in [6.45, 7) is 0.849. The monoisotopic (exact) mass is 332 g/mol. The maximum atomic E-state index is 12.3. The highest BCUT2D eigenvalue weighted by atomic mass is 35.5. The average Bonchev–Trinajstić information content (AvgIpc) is 2.98. The Balaban J connectivity index is 2.19. The molecule has 1 aliphatic heterocycles. The highest BCUT2D eigenvalue weighted by Gasteiger charge is 2.23. The van der Waals surface area contributed by atoms with Gasteiger partial charge in [0.05, 0.1) is 11.1 Å². The van der Waals surface area contributed by atoms with Crippen molar-refractivity contribution in [3.8, 4) is 0 Å². The zero-order valence-corrected chi connectivity index (χ0v) is 13.1. The molecule has 1 aliphatic rings. The quantitative estimate of drug-likeness (QED) is 0.847. The lowest BCUT2D eigenvalue weighted by atomic mass is 10.2. The fourth-order valence-corrected chi connectivity index (χ4v) is 3.67. The van der Waals surface area contributed by atoms with Crippen molar-refractivity contribution in [3.05, 3.63) is 28.8 Å². The van der Waals surface area contributed by atoms with E-state index in [0.717, 1.165) is 12.8 Å². The molecule has 0 spiro atoms. The van der Waals surface area contributed by atoms with Gasteiger partial charge in [0.1, 0.15) is 4.90 Å². The van der Waals surface area contributed by atoms with Crippen LogP contribution in [0, 0.1) is 0 Å². The standard InChI is InChI=1S/C13H17ClN2O4S/c1-15-13(17)9-4-5-11(14)12(7-9)21(18,19)16-8-10-3-2-6-20-10/h4-5,7,10,16H,2-3,6,8H2,1H3,(H,15,17)/t10-/m1/s1. The van der Waals surface area contributed by atoms with Gasteiger partial charge in [-0.25, -0.2) is 13.1 Å². The molecule has 0 unspecified atom stereocenters. The number of benzene rings is 1. The molecule has 1 aromatic rings. The molecule has 21 heavy (non-hydrogen) atoms. The highest BCUT2D eigenvalue weighted by molar-refractivity contribution is 7.89. The van der Waals surface area contributed by atoms with Crippen molar-refractivity contribution in [1.82, 2.24) is 10.0 Å². The van der Waals surface area contributed by atoms with Crippen LogP contribution in [0.3, 0.4) is 0 Å². The van der Waals surface area contributed by atoms with Gasteiger partial charge in [0, 0.05) is 25.8 Å². The number of hydrogen-bond acceptors (Lipinski definition) is 4. The molecule has 1 saturated heterocycles. The van der Waals surface area contributed by atoms with Gasteiger partial charge in [0.15, 0.2) is 0 Å². The van der Waals surface area contributed by atoms with Crippen LogP contribution in [-0.4, -0.2) is 40.6 Å². The number of ether oxygens (including phenoxy) is 1. The van der Waals surface area contributed by atoms with Crippen molar-refractivity contribution in [2.45, 2.75) is 23.8 Å². The molecule has 1 fully saturated rings. The minimum absolute atomic E-state index is 0.0718. The lowest BCUT2D eigenvalue weighted by molar-refractivity contribution is 0.0963. The minimum atomic E-state index is -3.78. The van der Waals surface area contributed by atoms with Gasteiger partial charge in [0.2, 0.25) is 10.0 Å². The Bertz CT molecular complexity index is 627. The smallest absolute Gasteiger partial charge is 0.251 e. The predicted molar refractivity (Wildman–Crippen MR) is 79.0 cm³/mol. The van der Waals surface area contributed by atoms with Gasteiger partial charge in [-0.3, -0.25) is 4.79 Å². The lowest BCUT2D eigenvalue weighted by Crippen LogP contribution is -2.32. The van der Waals surface area contributed by atoms with Crippen molar-refractivity contribution in [2.75, 3.05) is 20.2 Å². The highest BCUT2D eigenvalue weighted by Crippen LogP contribution is 2.23. The second kappa shape index (κ2) is 6.74. The van der Waals surface area contributed by atoms with Crippen molar-refractivity contribution in [3.63, 3.8) is 0 Å². The Labute approximate surface area is 128 Å². The summed E-state index contributed by atoms with van der Waals surface area (Å²) in [6, 6.07) is 4.13. The lowest BCUT2D eigenvalue weighted by Gasteiger charge is -2.13. The van der Waals surface area contributed by atoms with E-state index in [9.17, 15) is 13.2 Å². The number of sulfonamides is 1. The summed E-state index contributed by atoms with van der Waals surface area (Å²) in [5, 5.41) is 2.51. The van der Waals surface area contributed by atoms with Crippen molar-refractivity contribution < 1.29 is 17.9 Å². The molecule has 8 heteroatoms. The summed E-state index contributed by atoms with van der Waals surface area (Å²) in [6.07, 6.45) is 1.65. The van der Waals surface area contributed by atoms with Crippen LogP contribution >= 0.6 is 11.6 Å². The summed E-state index contributed by atoms with van der Waals surface area (Å²) in [5.41, 5.74) is 0.236. The molecule has 1 heterocycles. The van der Waals surface area contributed by atoms with Gasteiger partial charge in [-0.2, -0.15) is 0 Å². The number of halogens is 1. The van der Waals surface area contributed by atoms with E-state index in [-0.39, 0.29) is 34.0 Å². The fourth-order valence-electron chi connectivity index (χ4n) is 2.08. The Kier molecular flexibility index (Phi) is 5.21. The fraction of sp³-hybridized carbons (Fsp3) is 0.462. The maximum absolute atomic E-state index is 12.3. The molecule has 1 amide bonds. The number of hydrogen-bond donors (Lipinski definition) is 2. The van der Waals surface area contributed by atoms with Crippen LogP contribution in [0.25, 0.3) is 0 Å². The van der Waals surface area contributed by atoms with Crippen molar-refractivity contribution >= 4 is 27.5 Å². The van der Waals surface area contributed by atoms with Gasteiger partial charge in [-0.15, -0.1) is 0 Å². The second-order valence-corrected chi connectivity index (χ2v) is 6.85. The van der Waals surface area contributed by atoms with Gasteiger partial charge in [0.25, 0.3) is 5.91 Å². The van der Waals surface area contributed by atoms with Gasteiger partial charge < -0.3 is 10.1 Å². The third-order valence-corrected chi connectivity index (χ3v) is 5.14. The van der Waals surface area contributed by atoms with E-state index >= 15 is 0 Å². The van der Waals surface area contributed by atoms with Crippen LogP contribution in [0.1, 0.15) is 23.2 Å². The second-order valence-electron chi connectivity index (χ2n) is 4.71. The topological polar surface area (TPSA) is 84.5 Å². The van der Waals surface area contributed by atoms with E-state index in [0.29, 0.717) is 6.61 Å². The summed E-state index contributed by atoms with van der Waals surface area (Å²) in [4.78, 5) is 11.5. The van der Waals surface area contributed by atoms with E-state index in [1.54, 1.807) is 0 Å². The Morgan fingerprint density at radius 1 is 1.48 bits per heavy atom. The first kappa shape index (κ1) is 16.2. The number of rotatable bonds is 5. The predicted octanol–water partition coefficient (Wildman–Crippen LogP) is 1.16. The number of carbonyl (C=O) groups excluding carboxylic acids is 1. The van der Waals surface area contributed by atoms with Gasteiger partial charge in [-0.1, -0.05) is 11.6 Å². The van der Waals surface area contributed by atoms with Crippen molar-refractivity contribution in [2.24, 2.45) is 0 Å². The van der Waals surface area contributed by atoms with E-state index in [2.05, 4.69) is 10.0 Å². The molecule has 0 aliphatic carbocycles. The summed E-state index contributed by atoms with van der Waals surface area (Å²) >= 11 is 5.94. The van der Waals surface area contributed by atoms with Crippen molar-refractivity contribution in [1.29, 1.82) is 0 Å². The maximum Gasteiger partial charge on any atom is 0.251 e. The normalized spacial score (nSPS) is 18.7. The van der Waals surface area contributed by atoms with Crippen LogP contribution < -0.4 is 10.0 Å². The first-order chi connectivity index (χ1) is 9.94. The first-order valence-corrected chi connectivity index (χ1v) is 8.43. The van der Waals surface area contributed by atoms with Crippen LogP contribution in [0.2, 0.25) is 5.02 Å². The Morgan fingerprint density at radius 2 is 2.24 bits per heavy atom. The molecule has 116 valence electrons. The van der Waals surface area contributed by atoms with E-state index in [4.69, 9.17) is 16.3 Å². The third-order valence-electron chi connectivity index (χ3n) is 3.23. The van der Waals surface area contributed by atoms with Crippen LogP contribution in [0.15, 0.2) is 23.1 Å². The third kappa shape index (κ3) is 3.94. The molecule has 2 rings (SSSR count). The average molecular weight is 333 g/mol. The molecule has 0 bridgehead atoms. The van der Waals surface area contributed by atoms with Gasteiger partial charge in [-0.05, 0) is 31.0 Å². The first-order valence-electron chi connectivity index (χ1n) is 6.57. The van der Waals surface area contributed by atoms with E-state index in [1.807, 2.05) is 0 Å². The molecular formula is C13H17ClN2O4S. The molecule has 0 aromatic heterocycles. The molecule has 1 atom stereocenters. The number of nitrogens with one attached hydrogen (secondary N) is 2. The van der Waals surface area contributed by atoms with Crippen LogP contribution in [0.5, 0.6) is 0 Å². The zero-order valence-electron chi connectivity index (χ0n) is 11.6. The summed E-state index contributed by atoms with van der Waals surface area (Å²) < 4.78 is 32.4. The SMILES string of the molecule is CNC(=O)c1ccc(Cl)c(S(=O)(=O)NC[C@H]2CCCO2)c1. The molecule has 6 nitrogen and oxygen atoms in total. The minimum Gasteiger partial charge on any atom is -0.377 e. The molecule has 0 saturated carbocycles. The molecule has 1 aromatic carbocycles. The summed E-state index contributed by atoms with van der Waals surface area (Å²) in [7, 11) is -2.31. The Hall–Kier alpha value is -1.15. The molecule has 0 radical (unpaired) electrons. The summed E-state index contributed by atoms with van der Waals surface area (Å²) in [5.74, 6) is -0.373. The largest absolute Gasteiger partial charge is 0.377 e. The van der Waals surface area contributed by atoms with Crippen LogP contribution in [-0.2, 0) is 14.8 Å². The van der Waals surface area contributed by atoms with Gasteiger partial charge >= 0.3 is 0 Å². The number of amides is 1. The Morgan fingerprint density at radius 3 is 2.86 bits per heavy atom. The number of carbonyl (C=O) groups is 1.